The third-order valence-electron chi connectivity index (χ3n) is 13.3. The predicted molar refractivity (Wildman–Crippen MR) is 209 cm³/mol. The van der Waals surface area contributed by atoms with Crippen LogP contribution in [-0.4, -0.2) is 108 Å². The molecule has 5 aliphatic rings. The minimum Gasteiger partial charge on any atom is -0.481 e. The van der Waals surface area contributed by atoms with E-state index in [4.69, 9.17) is 14.7 Å². The van der Waals surface area contributed by atoms with Gasteiger partial charge in [0.1, 0.15) is 11.3 Å². The second kappa shape index (κ2) is 13.9. The summed E-state index contributed by atoms with van der Waals surface area (Å²) in [6.45, 7) is 13.0. The Labute approximate surface area is 324 Å². The van der Waals surface area contributed by atoms with Crippen LogP contribution in [0.25, 0.3) is 32.9 Å². The van der Waals surface area contributed by atoms with Crippen LogP contribution in [0.5, 0.6) is 5.75 Å². The van der Waals surface area contributed by atoms with Crippen LogP contribution in [-0.2, 0) is 4.79 Å². The lowest BCUT2D eigenvalue weighted by Gasteiger charge is -2.54. The molecule has 0 bridgehead atoms. The standard InChI is InChI=1S/C42H50F4N8O2/c1-4-14-51-15-9-40(22-51)10-18-53(19-11-40)39-48-35-30(37(49-39)52-16-12-41(13-17-52)23-54(24-41)38(55)27(3)43)20-29(28-6-7-28)34(36(35)56-25-42(44,45)46)33-26(2)5-8-32-31(33)21-47-50-32/h5,8,20-21,28H,3-4,6-7,9-19,22-25H2,1-2H3,(H,47,50). The van der Waals surface area contributed by atoms with E-state index in [2.05, 4.69) is 44.5 Å². The van der Waals surface area contributed by atoms with E-state index < -0.39 is 24.5 Å². The van der Waals surface area contributed by atoms with Gasteiger partial charge in [-0.15, -0.1) is 0 Å². The maximum atomic E-state index is 14.2. The van der Waals surface area contributed by atoms with Crippen molar-refractivity contribution in [1.82, 2.24) is 30.0 Å². The molecule has 10 nitrogen and oxygen atoms in total. The number of aromatic nitrogens is 4. The number of fused-ring (bicyclic) bond motifs is 2. The van der Waals surface area contributed by atoms with Crippen LogP contribution in [0.1, 0.15) is 75.3 Å². The highest BCUT2D eigenvalue weighted by molar-refractivity contribution is 6.06. The number of piperidine rings is 2. The van der Waals surface area contributed by atoms with Gasteiger partial charge in [-0.25, -0.2) is 9.37 Å². The first-order valence-corrected chi connectivity index (χ1v) is 20.2. The Bertz CT molecular complexity index is 2170. The largest absolute Gasteiger partial charge is 0.481 e. The highest BCUT2D eigenvalue weighted by Gasteiger charge is 2.48. The maximum absolute atomic E-state index is 14.2. The molecule has 9 rings (SSSR count). The van der Waals surface area contributed by atoms with Crippen LogP contribution in [0, 0.1) is 17.8 Å². The number of H-pyrrole nitrogens is 1. The summed E-state index contributed by atoms with van der Waals surface area (Å²) in [5.74, 6) is -0.102. The number of amides is 1. The fourth-order valence-electron chi connectivity index (χ4n) is 10.1. The molecule has 56 heavy (non-hydrogen) atoms. The van der Waals surface area contributed by atoms with E-state index in [0.717, 1.165) is 105 Å². The lowest BCUT2D eigenvalue weighted by Crippen LogP contribution is -2.62. The molecule has 1 aliphatic carbocycles. The normalized spacial score (nSPS) is 21.1. The molecule has 2 aromatic heterocycles. The fraction of sp³-hybridized carbons (Fsp3) is 0.571. The van der Waals surface area contributed by atoms with E-state index in [-0.39, 0.29) is 22.5 Å². The first kappa shape index (κ1) is 37.1. The Hall–Kier alpha value is -4.46. The first-order valence-electron chi connectivity index (χ1n) is 20.2. The minimum atomic E-state index is -4.57. The third-order valence-corrected chi connectivity index (χ3v) is 13.3. The van der Waals surface area contributed by atoms with Gasteiger partial charge in [0.25, 0.3) is 5.91 Å². The zero-order chi connectivity index (χ0) is 39.0. The number of nitrogens with one attached hydrogen (secondary N) is 1. The Morgan fingerprint density at radius 1 is 0.946 bits per heavy atom. The molecule has 298 valence electrons. The van der Waals surface area contributed by atoms with Gasteiger partial charge < -0.3 is 24.3 Å². The van der Waals surface area contributed by atoms with E-state index in [0.29, 0.717) is 54.4 Å². The fourth-order valence-corrected chi connectivity index (χ4v) is 10.1. The zero-order valence-corrected chi connectivity index (χ0v) is 32.3. The maximum Gasteiger partial charge on any atom is 0.422 e. The van der Waals surface area contributed by atoms with Gasteiger partial charge in [0.2, 0.25) is 5.95 Å². The average molecular weight is 775 g/mol. The topological polar surface area (TPSA) is 93.7 Å². The van der Waals surface area contributed by atoms with Gasteiger partial charge in [0.15, 0.2) is 18.2 Å². The highest BCUT2D eigenvalue weighted by atomic mass is 19.4. The number of hydrogen-bond acceptors (Lipinski definition) is 8. The third kappa shape index (κ3) is 6.75. The highest BCUT2D eigenvalue weighted by Crippen LogP contribution is 2.54. The lowest BCUT2D eigenvalue weighted by molar-refractivity contribution is -0.153. The quantitative estimate of drug-likeness (QED) is 0.136. The molecular formula is C42H50F4N8O2. The number of carbonyl (C=O) groups excluding carboxylic acids is 1. The van der Waals surface area contributed by atoms with E-state index in [1.54, 1.807) is 6.20 Å². The molecule has 4 aliphatic heterocycles. The summed E-state index contributed by atoms with van der Waals surface area (Å²) < 4.78 is 62.2. The van der Waals surface area contributed by atoms with Crippen molar-refractivity contribution in [3.63, 3.8) is 0 Å². The Morgan fingerprint density at radius 3 is 2.32 bits per heavy atom. The number of alkyl halides is 3. The van der Waals surface area contributed by atoms with E-state index in [9.17, 15) is 22.4 Å². The van der Waals surface area contributed by atoms with Crippen molar-refractivity contribution in [3.8, 4) is 16.9 Å². The number of benzene rings is 2. The molecule has 6 heterocycles. The van der Waals surface area contributed by atoms with Gasteiger partial charge in [-0.05, 0) is 112 Å². The molecule has 4 aromatic rings. The molecule has 0 radical (unpaired) electrons. The van der Waals surface area contributed by atoms with Crippen LogP contribution in [0.3, 0.4) is 0 Å². The van der Waals surface area contributed by atoms with Gasteiger partial charge in [-0.2, -0.15) is 23.3 Å². The number of hydrogen-bond donors (Lipinski definition) is 1. The van der Waals surface area contributed by atoms with Crippen LogP contribution in [0.4, 0.5) is 29.3 Å². The molecule has 2 aromatic carbocycles. The molecule has 14 heteroatoms. The summed E-state index contributed by atoms with van der Waals surface area (Å²) in [5.41, 5.74) is 4.61. The first-order chi connectivity index (χ1) is 26.8. The van der Waals surface area contributed by atoms with E-state index >= 15 is 0 Å². The van der Waals surface area contributed by atoms with Crippen LogP contribution in [0.2, 0.25) is 0 Å². The molecule has 1 amide bonds. The van der Waals surface area contributed by atoms with Crippen LogP contribution < -0.4 is 14.5 Å². The van der Waals surface area contributed by atoms with Crippen molar-refractivity contribution in [2.24, 2.45) is 10.8 Å². The van der Waals surface area contributed by atoms with Gasteiger partial charge in [-0.3, -0.25) is 9.89 Å². The van der Waals surface area contributed by atoms with Crippen molar-refractivity contribution in [2.75, 3.05) is 75.3 Å². The summed E-state index contributed by atoms with van der Waals surface area (Å²) >= 11 is 0. The lowest BCUT2D eigenvalue weighted by atomic mass is 9.72. The van der Waals surface area contributed by atoms with Gasteiger partial charge in [-0.1, -0.05) is 19.6 Å². The second-order valence-corrected chi connectivity index (χ2v) is 17.2. The molecule has 1 saturated carbocycles. The number of nitrogens with zero attached hydrogens (tertiary/aromatic N) is 7. The minimum absolute atomic E-state index is 0.116. The smallest absolute Gasteiger partial charge is 0.422 e. The summed E-state index contributed by atoms with van der Waals surface area (Å²) in [7, 11) is 0. The van der Waals surface area contributed by atoms with E-state index in [1.807, 2.05) is 19.1 Å². The predicted octanol–water partition coefficient (Wildman–Crippen LogP) is 7.91. The Balaban J connectivity index is 1.16. The number of ether oxygens (including phenoxy) is 1. The van der Waals surface area contributed by atoms with Gasteiger partial charge >= 0.3 is 6.18 Å². The molecule has 5 fully saturated rings. The van der Waals surface area contributed by atoms with Crippen LogP contribution >= 0.6 is 0 Å². The second-order valence-electron chi connectivity index (χ2n) is 17.2. The summed E-state index contributed by atoms with van der Waals surface area (Å²) in [6.07, 6.45) is 4.85. The van der Waals surface area contributed by atoms with Crippen molar-refractivity contribution < 1.29 is 27.1 Å². The Morgan fingerprint density at radius 2 is 1.64 bits per heavy atom. The summed E-state index contributed by atoms with van der Waals surface area (Å²) in [5, 5.41) is 8.85. The molecule has 2 spiro atoms. The molecule has 0 unspecified atom stereocenters. The number of anilines is 2. The number of likely N-dealkylation sites (tertiary alicyclic amines) is 2. The van der Waals surface area contributed by atoms with Crippen molar-refractivity contribution in [2.45, 2.75) is 77.3 Å². The van der Waals surface area contributed by atoms with Gasteiger partial charge in [0, 0.05) is 67.6 Å². The average Bonchev–Trinajstić information content (AvgIpc) is 3.78. The number of halogens is 4. The zero-order valence-electron chi connectivity index (χ0n) is 32.3. The molecule has 0 atom stereocenters. The molecule has 1 N–H and O–H groups in total. The SMILES string of the molecule is C=C(F)C(=O)N1CC2(CCN(c3nc(N4CCC5(CCN(CCC)C5)CC4)nc4c(OCC(F)(F)F)c(-c5c(C)ccc6[nH]ncc56)c(C5CC5)cc34)CC2)C1. The summed E-state index contributed by atoms with van der Waals surface area (Å²) in [4.78, 5) is 31.3. The molecule has 4 saturated heterocycles. The van der Waals surface area contributed by atoms with E-state index in [1.165, 1.54) is 11.3 Å². The number of carbonyl (C=O) groups is 1. The van der Waals surface area contributed by atoms with Gasteiger partial charge in [0.05, 0.1) is 11.7 Å². The monoisotopic (exact) mass is 774 g/mol. The summed E-state index contributed by atoms with van der Waals surface area (Å²) in [6, 6.07) is 6.03. The van der Waals surface area contributed by atoms with Crippen molar-refractivity contribution in [1.29, 1.82) is 0 Å². The number of aryl methyl sites for hydroxylation is 1. The van der Waals surface area contributed by atoms with Crippen LogP contribution in [0.15, 0.2) is 36.8 Å². The number of rotatable bonds is 9. The molecular weight excluding hydrogens is 725 g/mol. The Kier molecular flexibility index (Phi) is 9.20. The van der Waals surface area contributed by atoms with Crippen molar-refractivity contribution >= 4 is 39.5 Å². The number of aromatic amines is 1. The van der Waals surface area contributed by atoms with Crippen molar-refractivity contribution in [3.05, 3.63) is 47.9 Å².